The average molecular weight is 488 g/mol. The Hall–Kier alpha value is -2.87. The molecule has 0 spiro atoms. The second-order valence-electron chi connectivity index (χ2n) is 8.83. The molecule has 0 bridgehead atoms. The number of aryl methyl sites for hydroxylation is 3. The van der Waals surface area contributed by atoms with E-state index in [0.717, 1.165) is 22.3 Å². The molecule has 2 aromatic carbocycles. The summed E-state index contributed by atoms with van der Waals surface area (Å²) >= 11 is 0. The zero-order valence-electron chi connectivity index (χ0n) is 21.1. The number of rotatable bonds is 11. The number of likely N-dealkylation sites (N-methyl/N-ethyl adjacent to an activating group) is 1. The van der Waals surface area contributed by atoms with Crippen molar-refractivity contribution in [2.24, 2.45) is 0 Å². The molecule has 0 unspecified atom stereocenters. The van der Waals surface area contributed by atoms with Gasteiger partial charge in [0.25, 0.3) is 0 Å². The molecule has 0 aliphatic carbocycles. The SMILES string of the molecule is CC[C@@H](C(=O)NC)N(Cc1cccc(C)c1)C(=O)CCCN(c1cc(C)cc(C)c1)S(C)(=O)=O. The summed E-state index contributed by atoms with van der Waals surface area (Å²) in [7, 11) is -1.95. The summed E-state index contributed by atoms with van der Waals surface area (Å²) in [6, 6.07) is 12.9. The molecule has 7 nitrogen and oxygen atoms in total. The van der Waals surface area contributed by atoms with Crippen LogP contribution in [0.3, 0.4) is 0 Å². The first kappa shape index (κ1) is 27.4. The Morgan fingerprint density at radius 1 is 1.00 bits per heavy atom. The monoisotopic (exact) mass is 487 g/mol. The predicted molar refractivity (Wildman–Crippen MR) is 137 cm³/mol. The van der Waals surface area contributed by atoms with E-state index in [0.29, 0.717) is 25.1 Å². The standard InChI is InChI=1S/C26H37N3O4S/c1-7-24(26(31)27-5)28(18-22-11-8-10-19(2)15-22)25(30)12-9-13-29(34(6,32)33)23-16-20(3)14-21(4)17-23/h8,10-11,14-17,24H,7,9,12-13,18H2,1-6H3,(H,27,31)/t24-/m0/s1. The first-order valence-corrected chi connectivity index (χ1v) is 13.4. The van der Waals surface area contributed by atoms with Crippen molar-refractivity contribution in [3.8, 4) is 0 Å². The third-order valence-electron chi connectivity index (χ3n) is 5.71. The predicted octanol–water partition coefficient (Wildman–Crippen LogP) is 3.71. The Morgan fingerprint density at radius 2 is 1.65 bits per heavy atom. The topological polar surface area (TPSA) is 86.8 Å². The largest absolute Gasteiger partial charge is 0.357 e. The maximum atomic E-state index is 13.3. The van der Waals surface area contributed by atoms with Crippen molar-refractivity contribution in [3.63, 3.8) is 0 Å². The molecule has 0 aromatic heterocycles. The van der Waals surface area contributed by atoms with Crippen LogP contribution in [-0.2, 0) is 26.2 Å². The van der Waals surface area contributed by atoms with Crippen molar-refractivity contribution in [1.29, 1.82) is 0 Å². The molecule has 0 fully saturated rings. The molecule has 0 heterocycles. The molecule has 2 amide bonds. The number of benzene rings is 2. The van der Waals surface area contributed by atoms with E-state index in [1.807, 2.05) is 70.2 Å². The number of carbonyl (C=O) groups is 2. The molecule has 8 heteroatoms. The number of nitrogens with zero attached hydrogens (tertiary/aromatic N) is 2. The van der Waals surface area contributed by atoms with Gasteiger partial charge >= 0.3 is 0 Å². The van der Waals surface area contributed by atoms with Gasteiger partial charge in [-0.15, -0.1) is 0 Å². The highest BCUT2D eigenvalue weighted by Crippen LogP contribution is 2.22. The van der Waals surface area contributed by atoms with Gasteiger partial charge in [-0.2, -0.15) is 0 Å². The van der Waals surface area contributed by atoms with Gasteiger partial charge in [0.2, 0.25) is 21.8 Å². The second kappa shape index (κ2) is 12.0. The molecule has 0 aliphatic heterocycles. The van der Waals surface area contributed by atoms with Crippen LogP contribution in [0.4, 0.5) is 5.69 Å². The third-order valence-corrected chi connectivity index (χ3v) is 6.91. The fourth-order valence-electron chi connectivity index (χ4n) is 4.19. The second-order valence-corrected chi connectivity index (χ2v) is 10.7. The van der Waals surface area contributed by atoms with E-state index >= 15 is 0 Å². The number of amides is 2. The molecule has 0 aliphatic rings. The van der Waals surface area contributed by atoms with Crippen LogP contribution in [0.1, 0.15) is 48.4 Å². The van der Waals surface area contributed by atoms with Gasteiger partial charge in [0.05, 0.1) is 11.9 Å². The van der Waals surface area contributed by atoms with Crippen molar-refractivity contribution in [3.05, 3.63) is 64.7 Å². The van der Waals surface area contributed by atoms with Crippen LogP contribution in [0, 0.1) is 20.8 Å². The quantitative estimate of drug-likeness (QED) is 0.523. The number of nitrogens with one attached hydrogen (secondary N) is 1. The Kier molecular flexibility index (Phi) is 9.67. The van der Waals surface area contributed by atoms with E-state index in [1.54, 1.807) is 11.9 Å². The van der Waals surface area contributed by atoms with Crippen molar-refractivity contribution in [1.82, 2.24) is 10.2 Å². The van der Waals surface area contributed by atoms with E-state index in [4.69, 9.17) is 0 Å². The van der Waals surface area contributed by atoms with Crippen LogP contribution in [-0.4, -0.2) is 51.0 Å². The molecule has 1 atom stereocenters. The van der Waals surface area contributed by atoms with Gasteiger partial charge < -0.3 is 10.2 Å². The van der Waals surface area contributed by atoms with Gasteiger partial charge in [0.15, 0.2) is 0 Å². The average Bonchev–Trinajstić information content (AvgIpc) is 2.74. The molecule has 186 valence electrons. The highest BCUT2D eigenvalue weighted by Gasteiger charge is 2.28. The minimum atomic E-state index is -3.52. The normalized spacial score (nSPS) is 12.2. The van der Waals surface area contributed by atoms with Crippen molar-refractivity contribution >= 4 is 27.5 Å². The summed E-state index contributed by atoms with van der Waals surface area (Å²) in [5.41, 5.74) is 4.57. The number of hydrogen-bond donors (Lipinski definition) is 1. The first-order valence-electron chi connectivity index (χ1n) is 11.6. The summed E-state index contributed by atoms with van der Waals surface area (Å²) in [6.07, 6.45) is 2.13. The first-order chi connectivity index (χ1) is 16.0. The lowest BCUT2D eigenvalue weighted by Gasteiger charge is -2.31. The summed E-state index contributed by atoms with van der Waals surface area (Å²) in [5.74, 6) is -0.387. The van der Waals surface area contributed by atoms with Gasteiger partial charge in [0.1, 0.15) is 6.04 Å². The summed E-state index contributed by atoms with van der Waals surface area (Å²) in [6.45, 7) is 8.21. The molecule has 0 saturated carbocycles. The van der Waals surface area contributed by atoms with Gasteiger partial charge in [0, 0.05) is 26.6 Å². The molecule has 1 N–H and O–H groups in total. The number of hydrogen-bond acceptors (Lipinski definition) is 4. The van der Waals surface area contributed by atoms with Gasteiger partial charge in [-0.1, -0.05) is 42.8 Å². The van der Waals surface area contributed by atoms with Crippen LogP contribution < -0.4 is 9.62 Å². The fourth-order valence-corrected chi connectivity index (χ4v) is 5.14. The lowest BCUT2D eigenvalue weighted by Crippen LogP contribution is -2.48. The van der Waals surface area contributed by atoms with Crippen LogP contribution in [0.25, 0.3) is 0 Å². The highest BCUT2D eigenvalue weighted by atomic mass is 32.2. The summed E-state index contributed by atoms with van der Waals surface area (Å²) < 4.78 is 26.3. The smallest absolute Gasteiger partial charge is 0.242 e. The van der Waals surface area contributed by atoms with E-state index in [2.05, 4.69) is 5.32 Å². The van der Waals surface area contributed by atoms with Crippen LogP contribution in [0.2, 0.25) is 0 Å². The zero-order chi connectivity index (χ0) is 25.5. The van der Waals surface area contributed by atoms with Gasteiger partial charge in [-0.05, 0) is 62.4 Å². The van der Waals surface area contributed by atoms with E-state index < -0.39 is 16.1 Å². The molecule has 2 aromatic rings. The zero-order valence-corrected chi connectivity index (χ0v) is 21.9. The third kappa shape index (κ3) is 7.58. The molecular formula is C26H37N3O4S. The summed E-state index contributed by atoms with van der Waals surface area (Å²) in [4.78, 5) is 27.4. The number of anilines is 1. The maximum absolute atomic E-state index is 13.3. The van der Waals surface area contributed by atoms with E-state index in [1.165, 1.54) is 10.6 Å². The van der Waals surface area contributed by atoms with Crippen LogP contribution >= 0.6 is 0 Å². The Bertz CT molecular complexity index is 1090. The Morgan fingerprint density at radius 3 is 2.18 bits per heavy atom. The van der Waals surface area contributed by atoms with Crippen molar-refractivity contribution < 1.29 is 18.0 Å². The van der Waals surface area contributed by atoms with Gasteiger partial charge in [-0.25, -0.2) is 8.42 Å². The van der Waals surface area contributed by atoms with Crippen molar-refractivity contribution in [2.75, 3.05) is 24.2 Å². The lowest BCUT2D eigenvalue weighted by molar-refractivity contribution is -0.141. The molecule has 0 radical (unpaired) electrons. The summed E-state index contributed by atoms with van der Waals surface area (Å²) in [5, 5.41) is 2.65. The molecular weight excluding hydrogens is 450 g/mol. The lowest BCUT2D eigenvalue weighted by atomic mass is 10.1. The van der Waals surface area contributed by atoms with Crippen LogP contribution in [0.15, 0.2) is 42.5 Å². The Balaban J connectivity index is 2.21. The molecule has 2 rings (SSSR count). The maximum Gasteiger partial charge on any atom is 0.242 e. The van der Waals surface area contributed by atoms with Crippen molar-refractivity contribution in [2.45, 2.75) is 59.5 Å². The minimum absolute atomic E-state index is 0.135. The highest BCUT2D eigenvalue weighted by molar-refractivity contribution is 7.92. The minimum Gasteiger partial charge on any atom is -0.357 e. The fraction of sp³-hybridized carbons (Fsp3) is 0.462. The molecule has 34 heavy (non-hydrogen) atoms. The van der Waals surface area contributed by atoms with E-state index in [-0.39, 0.29) is 24.8 Å². The Labute approximate surface area is 204 Å². The number of carbonyl (C=O) groups excluding carboxylic acids is 2. The van der Waals surface area contributed by atoms with Crippen LogP contribution in [0.5, 0.6) is 0 Å². The van der Waals surface area contributed by atoms with E-state index in [9.17, 15) is 18.0 Å². The number of sulfonamides is 1. The van der Waals surface area contributed by atoms with Gasteiger partial charge in [-0.3, -0.25) is 13.9 Å². The molecule has 0 saturated heterocycles.